The molecular weight excluding hydrogens is 324 g/mol. The normalized spacial score (nSPS) is 14.6. The van der Waals surface area contributed by atoms with E-state index in [9.17, 15) is 4.79 Å². The first-order valence-electron chi connectivity index (χ1n) is 8.22. The highest BCUT2D eigenvalue weighted by atomic mass is 32.2. The molecule has 0 bridgehead atoms. The molecule has 0 unspecified atom stereocenters. The lowest BCUT2D eigenvalue weighted by Gasteiger charge is -2.28. The third kappa shape index (κ3) is 4.74. The van der Waals surface area contributed by atoms with Gasteiger partial charge in [0, 0.05) is 31.4 Å². The zero-order valence-corrected chi connectivity index (χ0v) is 14.6. The smallest absolute Gasteiger partial charge is 0.234 e. The van der Waals surface area contributed by atoms with Gasteiger partial charge in [0.2, 0.25) is 11.8 Å². The minimum absolute atomic E-state index is 0.0223. The van der Waals surface area contributed by atoms with Gasteiger partial charge in [0.1, 0.15) is 0 Å². The highest BCUT2D eigenvalue weighted by molar-refractivity contribution is 7.99. The molecule has 1 saturated heterocycles. The van der Waals surface area contributed by atoms with Gasteiger partial charge in [-0.3, -0.25) is 4.79 Å². The summed E-state index contributed by atoms with van der Waals surface area (Å²) in [6, 6.07) is 8.09. The van der Waals surface area contributed by atoms with Gasteiger partial charge in [-0.15, -0.1) is 11.8 Å². The average molecular weight is 346 g/mol. The summed E-state index contributed by atoms with van der Waals surface area (Å²) in [5, 5.41) is 6.73. The zero-order chi connectivity index (χ0) is 16.8. The third-order valence-electron chi connectivity index (χ3n) is 3.91. The van der Waals surface area contributed by atoms with E-state index < -0.39 is 0 Å². The number of carbonyl (C=O) groups is 1. The molecule has 1 fully saturated rings. The number of benzene rings is 1. The molecule has 2 aromatic rings. The van der Waals surface area contributed by atoms with Crippen LogP contribution in [0.5, 0.6) is 0 Å². The molecule has 1 amide bonds. The zero-order valence-electron chi connectivity index (χ0n) is 13.8. The molecule has 1 aliphatic heterocycles. The number of anilines is 2. The lowest BCUT2D eigenvalue weighted by molar-refractivity contribution is -0.113. The number of piperidine rings is 1. The van der Waals surface area contributed by atoms with Crippen LogP contribution in [-0.2, 0) is 10.5 Å². The van der Waals surface area contributed by atoms with E-state index >= 15 is 0 Å². The first-order valence-corrected chi connectivity index (χ1v) is 9.38. The minimum atomic E-state index is -0.0223. The average Bonchev–Trinajstić information content (AvgIpc) is 3.02. The van der Waals surface area contributed by atoms with Crippen LogP contribution in [0.15, 0.2) is 28.8 Å². The van der Waals surface area contributed by atoms with Crippen molar-refractivity contribution in [2.45, 2.75) is 31.9 Å². The van der Waals surface area contributed by atoms with Gasteiger partial charge in [-0.1, -0.05) is 5.16 Å². The summed E-state index contributed by atoms with van der Waals surface area (Å²) in [5.41, 5.74) is 2.06. The van der Waals surface area contributed by atoms with Crippen molar-refractivity contribution < 1.29 is 9.32 Å². The summed E-state index contributed by atoms with van der Waals surface area (Å²) < 4.78 is 4.90. The van der Waals surface area contributed by atoms with Crippen LogP contribution in [-0.4, -0.2) is 34.9 Å². The summed E-state index contributed by atoms with van der Waals surface area (Å²) in [6.07, 6.45) is 3.84. The van der Waals surface area contributed by atoms with Crippen molar-refractivity contribution in [2.75, 3.05) is 29.1 Å². The molecule has 128 valence electrons. The molecule has 2 heterocycles. The fourth-order valence-corrected chi connectivity index (χ4v) is 3.40. The molecule has 0 aliphatic carbocycles. The van der Waals surface area contributed by atoms with Gasteiger partial charge in [-0.25, -0.2) is 0 Å². The fraction of sp³-hybridized carbons (Fsp3) is 0.471. The second-order valence-electron chi connectivity index (χ2n) is 5.87. The van der Waals surface area contributed by atoms with Crippen molar-refractivity contribution >= 4 is 29.0 Å². The summed E-state index contributed by atoms with van der Waals surface area (Å²) >= 11 is 1.47. The Hall–Kier alpha value is -2.02. The van der Waals surface area contributed by atoms with Gasteiger partial charge in [-0.2, -0.15) is 4.98 Å². The summed E-state index contributed by atoms with van der Waals surface area (Å²) in [7, 11) is 0. The van der Waals surface area contributed by atoms with E-state index in [0.29, 0.717) is 23.2 Å². The molecule has 6 nitrogen and oxygen atoms in total. The molecule has 1 aromatic heterocycles. The number of hydrogen-bond acceptors (Lipinski definition) is 6. The number of carbonyl (C=O) groups excluding carboxylic acids is 1. The number of aromatic nitrogens is 2. The lowest BCUT2D eigenvalue weighted by atomic mass is 10.1. The van der Waals surface area contributed by atoms with Crippen molar-refractivity contribution in [3.8, 4) is 0 Å². The predicted octanol–water partition coefficient (Wildman–Crippen LogP) is 3.24. The standard InChI is InChI=1S/C17H22N4O2S/c1-13-18-16(20-23-13)11-24-12-17(22)19-14-5-7-15(8-6-14)21-9-3-2-4-10-21/h5-8H,2-4,9-12H2,1H3,(H,19,22). The Morgan fingerprint density at radius 1 is 1.25 bits per heavy atom. The third-order valence-corrected chi connectivity index (χ3v) is 4.83. The Morgan fingerprint density at radius 2 is 2.00 bits per heavy atom. The molecule has 0 spiro atoms. The van der Waals surface area contributed by atoms with Crippen LogP contribution in [0.3, 0.4) is 0 Å². The number of amides is 1. The van der Waals surface area contributed by atoms with E-state index in [0.717, 1.165) is 18.8 Å². The molecule has 24 heavy (non-hydrogen) atoms. The van der Waals surface area contributed by atoms with Crippen molar-refractivity contribution in [3.63, 3.8) is 0 Å². The number of thioether (sulfide) groups is 1. The Kier molecular flexibility index (Phi) is 5.74. The molecule has 7 heteroatoms. The van der Waals surface area contributed by atoms with E-state index in [1.807, 2.05) is 12.1 Å². The van der Waals surface area contributed by atoms with Gasteiger partial charge >= 0.3 is 0 Å². The number of aryl methyl sites for hydroxylation is 1. The van der Waals surface area contributed by atoms with Gasteiger partial charge in [0.05, 0.1) is 11.5 Å². The van der Waals surface area contributed by atoms with Crippen molar-refractivity contribution in [3.05, 3.63) is 36.0 Å². The van der Waals surface area contributed by atoms with Crippen LogP contribution in [0.2, 0.25) is 0 Å². The molecule has 3 rings (SSSR count). The van der Waals surface area contributed by atoms with E-state index in [1.54, 1.807) is 6.92 Å². The van der Waals surface area contributed by atoms with E-state index in [4.69, 9.17) is 4.52 Å². The Balaban J connectivity index is 1.44. The summed E-state index contributed by atoms with van der Waals surface area (Å²) in [6.45, 7) is 4.00. The van der Waals surface area contributed by atoms with Gasteiger partial charge in [-0.05, 0) is 43.5 Å². The molecular formula is C17H22N4O2S. The van der Waals surface area contributed by atoms with Crippen LogP contribution in [0, 0.1) is 6.92 Å². The molecule has 1 aliphatic rings. The second-order valence-corrected chi connectivity index (χ2v) is 6.85. The maximum absolute atomic E-state index is 12.0. The van der Waals surface area contributed by atoms with Gasteiger partial charge in [0.15, 0.2) is 5.82 Å². The van der Waals surface area contributed by atoms with E-state index in [2.05, 4.69) is 32.5 Å². The van der Waals surface area contributed by atoms with Gasteiger partial charge in [0.25, 0.3) is 0 Å². The summed E-state index contributed by atoms with van der Waals surface area (Å²) in [5.74, 6) is 2.08. The predicted molar refractivity (Wildman–Crippen MR) is 96.3 cm³/mol. The number of hydrogen-bond donors (Lipinski definition) is 1. The topological polar surface area (TPSA) is 71.3 Å². The molecule has 0 atom stereocenters. The highest BCUT2D eigenvalue weighted by Crippen LogP contribution is 2.22. The lowest BCUT2D eigenvalue weighted by Crippen LogP contribution is -2.29. The first-order chi connectivity index (χ1) is 11.7. The van der Waals surface area contributed by atoms with Crippen molar-refractivity contribution in [1.82, 2.24) is 10.1 Å². The molecule has 0 saturated carbocycles. The van der Waals surface area contributed by atoms with Crippen LogP contribution >= 0.6 is 11.8 Å². The highest BCUT2D eigenvalue weighted by Gasteiger charge is 2.11. The van der Waals surface area contributed by atoms with E-state index in [-0.39, 0.29) is 5.91 Å². The van der Waals surface area contributed by atoms with Crippen molar-refractivity contribution in [2.24, 2.45) is 0 Å². The maximum Gasteiger partial charge on any atom is 0.234 e. The minimum Gasteiger partial charge on any atom is -0.372 e. The quantitative estimate of drug-likeness (QED) is 0.866. The second kappa shape index (κ2) is 8.19. The summed E-state index contributed by atoms with van der Waals surface area (Å²) in [4.78, 5) is 18.5. The Morgan fingerprint density at radius 3 is 2.67 bits per heavy atom. The van der Waals surface area contributed by atoms with Crippen LogP contribution in [0.25, 0.3) is 0 Å². The molecule has 1 N–H and O–H groups in total. The van der Waals surface area contributed by atoms with Crippen LogP contribution in [0.1, 0.15) is 31.0 Å². The Bertz CT molecular complexity index is 665. The van der Waals surface area contributed by atoms with Crippen LogP contribution in [0.4, 0.5) is 11.4 Å². The number of nitrogens with zero attached hydrogens (tertiary/aromatic N) is 3. The number of rotatable bonds is 6. The van der Waals surface area contributed by atoms with Crippen LogP contribution < -0.4 is 10.2 Å². The molecule has 1 aromatic carbocycles. The molecule has 0 radical (unpaired) electrons. The van der Waals surface area contributed by atoms with Crippen molar-refractivity contribution in [1.29, 1.82) is 0 Å². The maximum atomic E-state index is 12.0. The monoisotopic (exact) mass is 346 g/mol. The Labute approximate surface area is 146 Å². The van der Waals surface area contributed by atoms with E-state index in [1.165, 1.54) is 36.7 Å². The number of nitrogens with one attached hydrogen (secondary N) is 1. The SMILES string of the molecule is Cc1nc(CSCC(=O)Nc2ccc(N3CCCCC3)cc2)no1. The van der Waals surface area contributed by atoms with Gasteiger partial charge < -0.3 is 14.7 Å². The first kappa shape index (κ1) is 16.8. The fourth-order valence-electron chi connectivity index (χ4n) is 2.74. The largest absolute Gasteiger partial charge is 0.372 e.